The third-order valence-corrected chi connectivity index (χ3v) is 4.16. The number of rotatable bonds is 5. The van der Waals surface area contributed by atoms with E-state index in [-0.39, 0.29) is 12.1 Å². The Morgan fingerprint density at radius 3 is 2.25 bits per heavy atom. The zero-order chi connectivity index (χ0) is 17.3. The van der Waals surface area contributed by atoms with E-state index in [9.17, 15) is 0 Å². The summed E-state index contributed by atoms with van der Waals surface area (Å²) in [4.78, 5) is 4.81. The predicted molar refractivity (Wildman–Crippen MR) is 96.0 cm³/mol. The SMILES string of the molecule is Cc1cc(C)n(C(C)Cc2nc(-c3ccccc3)nn2C(C)C)n1. The summed E-state index contributed by atoms with van der Waals surface area (Å²) in [6.45, 7) is 10.6. The minimum atomic E-state index is 0.240. The second kappa shape index (κ2) is 6.59. The molecule has 0 aliphatic rings. The summed E-state index contributed by atoms with van der Waals surface area (Å²) in [5.41, 5.74) is 3.28. The van der Waals surface area contributed by atoms with E-state index in [1.807, 2.05) is 41.9 Å². The Morgan fingerprint density at radius 2 is 1.67 bits per heavy atom. The Morgan fingerprint density at radius 1 is 0.958 bits per heavy atom. The van der Waals surface area contributed by atoms with Gasteiger partial charge in [0.2, 0.25) is 0 Å². The van der Waals surface area contributed by atoms with E-state index in [1.165, 1.54) is 5.69 Å². The molecule has 0 saturated heterocycles. The summed E-state index contributed by atoms with van der Waals surface area (Å²) >= 11 is 0. The molecule has 3 aromatic rings. The van der Waals surface area contributed by atoms with Gasteiger partial charge in [0.25, 0.3) is 0 Å². The van der Waals surface area contributed by atoms with Crippen LogP contribution >= 0.6 is 0 Å². The zero-order valence-electron chi connectivity index (χ0n) is 15.1. The van der Waals surface area contributed by atoms with Crippen molar-refractivity contribution in [3.8, 4) is 11.4 Å². The smallest absolute Gasteiger partial charge is 0.181 e. The first-order chi connectivity index (χ1) is 11.5. The summed E-state index contributed by atoms with van der Waals surface area (Å²) in [6.07, 6.45) is 0.806. The highest BCUT2D eigenvalue weighted by molar-refractivity contribution is 5.54. The molecule has 1 atom stereocenters. The third kappa shape index (κ3) is 3.25. The van der Waals surface area contributed by atoms with Crippen LogP contribution in [0.4, 0.5) is 0 Å². The van der Waals surface area contributed by atoms with Crippen molar-refractivity contribution in [1.82, 2.24) is 24.5 Å². The second-order valence-electron chi connectivity index (χ2n) is 6.68. The second-order valence-corrected chi connectivity index (χ2v) is 6.68. The monoisotopic (exact) mass is 323 g/mol. The van der Waals surface area contributed by atoms with Gasteiger partial charge in [-0.3, -0.25) is 4.68 Å². The minimum absolute atomic E-state index is 0.240. The van der Waals surface area contributed by atoms with Crippen LogP contribution in [0.15, 0.2) is 36.4 Å². The van der Waals surface area contributed by atoms with Gasteiger partial charge >= 0.3 is 0 Å². The van der Waals surface area contributed by atoms with Crippen molar-refractivity contribution in [2.45, 2.75) is 53.1 Å². The topological polar surface area (TPSA) is 48.5 Å². The van der Waals surface area contributed by atoms with E-state index in [4.69, 9.17) is 10.1 Å². The van der Waals surface area contributed by atoms with Crippen molar-refractivity contribution < 1.29 is 0 Å². The molecule has 2 aromatic heterocycles. The Hall–Kier alpha value is -2.43. The number of nitrogens with zero attached hydrogens (tertiary/aromatic N) is 5. The molecule has 24 heavy (non-hydrogen) atoms. The van der Waals surface area contributed by atoms with Crippen molar-refractivity contribution in [2.24, 2.45) is 0 Å². The van der Waals surface area contributed by atoms with Gasteiger partial charge in [-0.1, -0.05) is 30.3 Å². The van der Waals surface area contributed by atoms with E-state index < -0.39 is 0 Å². The van der Waals surface area contributed by atoms with Crippen LogP contribution in [0.5, 0.6) is 0 Å². The molecule has 0 fully saturated rings. The molecule has 0 aliphatic heterocycles. The lowest BCUT2D eigenvalue weighted by atomic mass is 10.2. The van der Waals surface area contributed by atoms with Gasteiger partial charge in [0, 0.05) is 23.7 Å². The summed E-state index contributed by atoms with van der Waals surface area (Å²) in [6, 6.07) is 12.8. The van der Waals surface area contributed by atoms with Crippen LogP contribution in [0, 0.1) is 13.8 Å². The normalized spacial score (nSPS) is 12.8. The van der Waals surface area contributed by atoms with Crippen molar-refractivity contribution in [3.63, 3.8) is 0 Å². The lowest BCUT2D eigenvalue weighted by molar-refractivity contribution is 0.434. The average molecular weight is 323 g/mol. The highest BCUT2D eigenvalue weighted by atomic mass is 15.4. The standard InChI is InChI=1S/C19H25N5/c1-13(2)23-18(12-16(5)24-15(4)11-14(3)21-24)20-19(22-23)17-9-7-6-8-10-17/h6-11,13,16H,12H2,1-5H3. The quantitative estimate of drug-likeness (QED) is 0.709. The lowest BCUT2D eigenvalue weighted by Crippen LogP contribution is -2.16. The van der Waals surface area contributed by atoms with Crippen LogP contribution in [0.2, 0.25) is 0 Å². The molecule has 0 saturated carbocycles. The van der Waals surface area contributed by atoms with Gasteiger partial charge in [-0.05, 0) is 40.7 Å². The molecule has 1 unspecified atom stereocenters. The van der Waals surface area contributed by atoms with Crippen molar-refractivity contribution in [3.05, 3.63) is 53.6 Å². The number of hydrogen-bond donors (Lipinski definition) is 0. The average Bonchev–Trinajstić information content (AvgIpc) is 3.11. The molecule has 2 heterocycles. The molecule has 0 bridgehead atoms. The fraction of sp³-hybridized carbons (Fsp3) is 0.421. The van der Waals surface area contributed by atoms with Crippen LogP contribution in [0.1, 0.15) is 50.1 Å². The maximum atomic E-state index is 4.81. The summed E-state index contributed by atoms with van der Waals surface area (Å²) < 4.78 is 4.11. The van der Waals surface area contributed by atoms with Crippen molar-refractivity contribution in [1.29, 1.82) is 0 Å². The minimum Gasteiger partial charge on any atom is -0.266 e. The van der Waals surface area contributed by atoms with Gasteiger partial charge in [-0.2, -0.15) is 10.2 Å². The molecule has 0 N–H and O–H groups in total. The van der Waals surface area contributed by atoms with Gasteiger partial charge in [-0.25, -0.2) is 9.67 Å². The highest BCUT2D eigenvalue weighted by Crippen LogP contribution is 2.21. The number of benzene rings is 1. The van der Waals surface area contributed by atoms with Crippen LogP contribution in [0.3, 0.4) is 0 Å². The fourth-order valence-corrected chi connectivity index (χ4v) is 3.06. The van der Waals surface area contributed by atoms with Crippen LogP contribution < -0.4 is 0 Å². The molecule has 0 spiro atoms. The van der Waals surface area contributed by atoms with Gasteiger partial charge in [-0.15, -0.1) is 0 Å². The molecular formula is C19H25N5. The van der Waals surface area contributed by atoms with E-state index in [0.717, 1.165) is 29.3 Å². The lowest BCUT2D eigenvalue weighted by Gasteiger charge is -2.15. The fourth-order valence-electron chi connectivity index (χ4n) is 3.06. The van der Waals surface area contributed by atoms with E-state index in [2.05, 4.69) is 43.5 Å². The van der Waals surface area contributed by atoms with E-state index in [0.29, 0.717) is 0 Å². The number of aryl methyl sites for hydroxylation is 2. The summed E-state index contributed by atoms with van der Waals surface area (Å²) in [7, 11) is 0. The maximum Gasteiger partial charge on any atom is 0.181 e. The number of hydrogen-bond acceptors (Lipinski definition) is 3. The zero-order valence-corrected chi connectivity index (χ0v) is 15.1. The highest BCUT2D eigenvalue weighted by Gasteiger charge is 2.18. The first kappa shape index (κ1) is 16.4. The van der Waals surface area contributed by atoms with Gasteiger partial charge in [0.15, 0.2) is 5.82 Å². The Balaban J connectivity index is 1.92. The molecule has 0 aliphatic carbocycles. The van der Waals surface area contributed by atoms with Gasteiger partial charge in [0.1, 0.15) is 5.82 Å². The largest absolute Gasteiger partial charge is 0.266 e. The van der Waals surface area contributed by atoms with Crippen molar-refractivity contribution in [2.75, 3.05) is 0 Å². The molecular weight excluding hydrogens is 298 g/mol. The first-order valence-corrected chi connectivity index (χ1v) is 8.49. The molecule has 126 valence electrons. The Labute approximate surface area is 143 Å². The van der Waals surface area contributed by atoms with Crippen LogP contribution in [-0.4, -0.2) is 24.5 Å². The molecule has 5 nitrogen and oxygen atoms in total. The number of aromatic nitrogens is 5. The molecule has 5 heteroatoms. The first-order valence-electron chi connectivity index (χ1n) is 8.49. The molecule has 3 rings (SSSR count). The Kier molecular flexibility index (Phi) is 4.51. The van der Waals surface area contributed by atoms with Gasteiger partial charge in [0.05, 0.1) is 11.7 Å². The van der Waals surface area contributed by atoms with Crippen LogP contribution in [-0.2, 0) is 6.42 Å². The molecule has 1 aromatic carbocycles. The summed E-state index contributed by atoms with van der Waals surface area (Å²) in [5, 5.41) is 9.34. The third-order valence-electron chi connectivity index (χ3n) is 4.16. The maximum absolute atomic E-state index is 4.81. The summed E-state index contributed by atoms with van der Waals surface area (Å²) in [5.74, 6) is 1.80. The van der Waals surface area contributed by atoms with Crippen LogP contribution in [0.25, 0.3) is 11.4 Å². The van der Waals surface area contributed by atoms with Gasteiger partial charge < -0.3 is 0 Å². The van der Waals surface area contributed by atoms with E-state index >= 15 is 0 Å². The predicted octanol–water partition coefficient (Wildman–Crippen LogP) is 4.14. The van der Waals surface area contributed by atoms with E-state index in [1.54, 1.807) is 0 Å². The Bertz CT molecular complexity index is 814. The molecule has 0 amide bonds. The molecule has 0 radical (unpaired) electrons. The van der Waals surface area contributed by atoms with Crippen molar-refractivity contribution >= 4 is 0 Å².